The van der Waals surface area contributed by atoms with Crippen molar-refractivity contribution in [1.82, 2.24) is 9.78 Å². The van der Waals surface area contributed by atoms with Crippen LogP contribution in [-0.2, 0) is 0 Å². The Morgan fingerprint density at radius 2 is 2.29 bits per heavy atom. The van der Waals surface area contributed by atoms with Gasteiger partial charge in [-0.05, 0) is 11.4 Å². The molecule has 0 radical (unpaired) electrons. The highest BCUT2D eigenvalue weighted by Gasteiger charge is 2.47. The predicted molar refractivity (Wildman–Crippen MR) is 69.6 cm³/mol. The number of alkyl halides is 3. The molecule has 1 aliphatic rings. The molecule has 1 aliphatic heterocycles. The quantitative estimate of drug-likeness (QED) is 0.892. The number of thiophene rings is 1. The molecular formula is C12H10F3N3O2S. The summed E-state index contributed by atoms with van der Waals surface area (Å²) in [6, 6.07) is 1.05. The lowest BCUT2D eigenvalue weighted by Crippen LogP contribution is -2.35. The average molecular weight is 317 g/mol. The average Bonchev–Trinajstić information content (AvgIpc) is 3.05. The molecule has 0 saturated carbocycles. The maximum absolute atomic E-state index is 13.2. The van der Waals surface area contributed by atoms with Gasteiger partial charge in [0.25, 0.3) is 0 Å². The molecule has 2 aromatic heterocycles. The molecule has 0 aromatic carbocycles. The molecule has 5 nitrogen and oxygen atoms in total. The van der Waals surface area contributed by atoms with Gasteiger partial charge in [0, 0.05) is 11.3 Å². The number of carboxylic acid groups (broad SMARTS) is 1. The summed E-state index contributed by atoms with van der Waals surface area (Å²) in [6.07, 6.45) is -3.77. The second-order valence-corrected chi connectivity index (χ2v) is 5.64. The summed E-state index contributed by atoms with van der Waals surface area (Å²) < 4.78 is 40.4. The molecule has 0 spiro atoms. The van der Waals surface area contributed by atoms with Crippen molar-refractivity contribution in [2.24, 2.45) is 0 Å². The van der Waals surface area contributed by atoms with Crippen LogP contribution in [0.2, 0.25) is 0 Å². The minimum absolute atomic E-state index is 0.102. The number of carbonyl (C=O) groups is 1. The highest BCUT2D eigenvalue weighted by molar-refractivity contribution is 7.10. The zero-order valence-electron chi connectivity index (χ0n) is 10.5. The van der Waals surface area contributed by atoms with Crippen LogP contribution in [0.15, 0.2) is 23.7 Å². The van der Waals surface area contributed by atoms with Gasteiger partial charge in [-0.1, -0.05) is 6.07 Å². The first-order valence-corrected chi connectivity index (χ1v) is 6.93. The van der Waals surface area contributed by atoms with E-state index in [0.29, 0.717) is 4.68 Å². The third-order valence-corrected chi connectivity index (χ3v) is 4.34. The van der Waals surface area contributed by atoms with Crippen molar-refractivity contribution in [3.63, 3.8) is 0 Å². The number of carboxylic acids is 1. The molecule has 0 amide bonds. The van der Waals surface area contributed by atoms with Crippen LogP contribution in [0.1, 0.15) is 33.7 Å². The van der Waals surface area contributed by atoms with E-state index in [1.54, 1.807) is 17.5 Å². The maximum atomic E-state index is 13.2. The standard InChI is InChI=1S/C12H10F3N3O2S/c13-12(14,15)9-4-7(8-2-1-3-21-8)17-10-6(11(19)20)5-16-18(9)10/h1-3,5,7,9,17H,4H2,(H,19,20)/t7-,9-/m0/s1. The molecular weight excluding hydrogens is 307 g/mol. The smallest absolute Gasteiger partial charge is 0.410 e. The molecule has 0 saturated heterocycles. The van der Waals surface area contributed by atoms with Crippen LogP contribution >= 0.6 is 11.3 Å². The molecule has 0 unspecified atom stereocenters. The third-order valence-electron chi connectivity index (χ3n) is 3.36. The van der Waals surface area contributed by atoms with Crippen LogP contribution in [0.5, 0.6) is 0 Å². The molecule has 2 atom stereocenters. The van der Waals surface area contributed by atoms with Crippen LogP contribution in [0, 0.1) is 0 Å². The monoisotopic (exact) mass is 317 g/mol. The van der Waals surface area contributed by atoms with Gasteiger partial charge in [-0.3, -0.25) is 0 Å². The second-order valence-electron chi connectivity index (χ2n) is 4.66. The lowest BCUT2D eigenvalue weighted by Gasteiger charge is -2.33. The summed E-state index contributed by atoms with van der Waals surface area (Å²) in [6.45, 7) is 0. The van der Waals surface area contributed by atoms with Crippen LogP contribution in [-0.4, -0.2) is 27.0 Å². The summed E-state index contributed by atoms with van der Waals surface area (Å²) in [5, 5.41) is 17.3. The van der Waals surface area contributed by atoms with E-state index in [2.05, 4.69) is 10.4 Å². The summed E-state index contributed by atoms with van der Waals surface area (Å²) in [5.41, 5.74) is -0.259. The summed E-state index contributed by atoms with van der Waals surface area (Å²) in [5.74, 6) is -1.41. The fourth-order valence-corrected chi connectivity index (χ4v) is 3.19. The van der Waals surface area contributed by atoms with E-state index in [1.165, 1.54) is 11.3 Å². The number of hydrogen-bond acceptors (Lipinski definition) is 4. The van der Waals surface area contributed by atoms with Gasteiger partial charge in [-0.15, -0.1) is 11.3 Å². The van der Waals surface area contributed by atoms with Gasteiger partial charge in [-0.25, -0.2) is 9.48 Å². The van der Waals surface area contributed by atoms with Crippen molar-refractivity contribution >= 4 is 23.1 Å². The first-order valence-electron chi connectivity index (χ1n) is 6.05. The summed E-state index contributed by atoms with van der Waals surface area (Å²) in [7, 11) is 0. The molecule has 3 rings (SSSR count). The molecule has 9 heteroatoms. The van der Waals surface area contributed by atoms with Crippen molar-refractivity contribution in [2.45, 2.75) is 24.7 Å². The number of halogens is 3. The molecule has 0 bridgehead atoms. The largest absolute Gasteiger partial charge is 0.477 e. The number of nitrogens with one attached hydrogen (secondary N) is 1. The van der Waals surface area contributed by atoms with Crippen LogP contribution in [0.25, 0.3) is 0 Å². The van der Waals surface area contributed by atoms with Crippen molar-refractivity contribution < 1.29 is 23.1 Å². The first kappa shape index (κ1) is 13.9. The number of rotatable bonds is 2. The number of hydrogen-bond donors (Lipinski definition) is 2. The van der Waals surface area contributed by atoms with E-state index in [4.69, 9.17) is 5.11 Å². The zero-order valence-corrected chi connectivity index (χ0v) is 11.3. The predicted octanol–water partition coefficient (Wildman–Crippen LogP) is 3.30. The Kier molecular flexibility index (Phi) is 3.16. The zero-order chi connectivity index (χ0) is 15.2. The van der Waals surface area contributed by atoms with E-state index in [0.717, 1.165) is 11.1 Å². The Morgan fingerprint density at radius 3 is 2.86 bits per heavy atom. The fourth-order valence-electron chi connectivity index (χ4n) is 2.40. The molecule has 0 fully saturated rings. The van der Waals surface area contributed by atoms with E-state index in [9.17, 15) is 18.0 Å². The van der Waals surface area contributed by atoms with Crippen molar-refractivity contribution in [3.05, 3.63) is 34.2 Å². The lowest BCUT2D eigenvalue weighted by atomic mass is 10.0. The van der Waals surface area contributed by atoms with Crippen LogP contribution in [0.3, 0.4) is 0 Å². The van der Waals surface area contributed by atoms with Crippen molar-refractivity contribution in [3.8, 4) is 0 Å². The first-order chi connectivity index (χ1) is 9.88. The minimum Gasteiger partial charge on any atom is -0.477 e. The summed E-state index contributed by atoms with van der Waals surface area (Å²) >= 11 is 1.33. The molecule has 112 valence electrons. The van der Waals surface area contributed by atoms with Gasteiger partial charge in [0.2, 0.25) is 0 Å². The van der Waals surface area contributed by atoms with Gasteiger partial charge in [-0.2, -0.15) is 18.3 Å². The Bertz CT molecular complexity index is 666. The van der Waals surface area contributed by atoms with Crippen molar-refractivity contribution in [1.29, 1.82) is 0 Å². The van der Waals surface area contributed by atoms with E-state index < -0.39 is 24.2 Å². The molecule has 0 aliphatic carbocycles. The normalized spacial score (nSPS) is 21.7. The Balaban J connectivity index is 2.07. The Hall–Kier alpha value is -2.03. The van der Waals surface area contributed by atoms with E-state index in [-0.39, 0.29) is 17.8 Å². The minimum atomic E-state index is -4.49. The second kappa shape index (κ2) is 4.76. The lowest BCUT2D eigenvalue weighted by molar-refractivity contribution is -0.173. The Morgan fingerprint density at radius 1 is 1.52 bits per heavy atom. The number of fused-ring (bicyclic) bond motifs is 1. The van der Waals surface area contributed by atoms with Gasteiger partial charge in [0.1, 0.15) is 11.4 Å². The van der Waals surface area contributed by atoms with E-state index >= 15 is 0 Å². The molecule has 2 aromatic rings. The number of nitrogens with zero attached hydrogens (tertiary/aromatic N) is 2. The number of anilines is 1. The number of aromatic carboxylic acids is 1. The maximum Gasteiger partial charge on any atom is 0.410 e. The van der Waals surface area contributed by atoms with Crippen molar-refractivity contribution in [2.75, 3.05) is 5.32 Å². The van der Waals surface area contributed by atoms with Gasteiger partial charge >= 0.3 is 12.1 Å². The Labute approximate surface area is 121 Å². The highest BCUT2D eigenvalue weighted by Crippen LogP contribution is 2.44. The molecule has 2 N–H and O–H groups in total. The third kappa shape index (κ3) is 2.37. The van der Waals surface area contributed by atoms with Crippen LogP contribution < -0.4 is 5.32 Å². The topological polar surface area (TPSA) is 67.1 Å². The van der Waals surface area contributed by atoms with Gasteiger partial charge in [0.05, 0.1) is 12.2 Å². The summed E-state index contributed by atoms with van der Waals surface area (Å²) in [4.78, 5) is 11.8. The molecule has 21 heavy (non-hydrogen) atoms. The van der Waals surface area contributed by atoms with Gasteiger partial charge in [0.15, 0.2) is 6.04 Å². The highest BCUT2D eigenvalue weighted by atomic mass is 32.1. The van der Waals surface area contributed by atoms with Crippen LogP contribution in [0.4, 0.5) is 19.0 Å². The SMILES string of the molecule is O=C(O)c1cnn2c1N[C@H](c1cccs1)C[C@H]2C(F)(F)F. The fraction of sp³-hybridized carbons (Fsp3) is 0.333. The van der Waals surface area contributed by atoms with Gasteiger partial charge < -0.3 is 10.4 Å². The van der Waals surface area contributed by atoms with E-state index in [1.807, 2.05) is 0 Å². The molecule has 3 heterocycles. The number of aromatic nitrogens is 2.